The molecule has 0 spiro atoms. The normalized spacial score (nSPS) is 18.9. The lowest BCUT2D eigenvalue weighted by Gasteiger charge is -2.21. The van der Waals surface area contributed by atoms with Crippen molar-refractivity contribution in [3.63, 3.8) is 0 Å². The zero-order valence-electron chi connectivity index (χ0n) is 11.0. The van der Waals surface area contributed by atoms with Crippen molar-refractivity contribution in [1.29, 1.82) is 0 Å². The fourth-order valence-corrected chi connectivity index (χ4v) is 3.21. The van der Waals surface area contributed by atoms with Crippen LogP contribution in [-0.2, 0) is 9.59 Å². The van der Waals surface area contributed by atoms with Crippen LogP contribution in [0.4, 0.5) is 0 Å². The minimum absolute atomic E-state index is 0.263. The Morgan fingerprint density at radius 2 is 2.30 bits per heavy atom. The van der Waals surface area contributed by atoms with Gasteiger partial charge in [-0.3, -0.25) is 9.69 Å². The molecule has 0 bridgehead atoms. The van der Waals surface area contributed by atoms with Crippen LogP contribution in [-0.4, -0.2) is 32.2 Å². The second-order valence-electron chi connectivity index (χ2n) is 4.26. The highest BCUT2D eigenvalue weighted by molar-refractivity contribution is 8.26. The highest BCUT2D eigenvalue weighted by Gasteiger charge is 2.39. The van der Waals surface area contributed by atoms with E-state index in [4.69, 9.17) is 21.7 Å². The van der Waals surface area contributed by atoms with Gasteiger partial charge in [0.05, 0.1) is 4.91 Å². The molecule has 1 aliphatic heterocycles. The lowest BCUT2D eigenvalue weighted by atomic mass is 10.2. The van der Waals surface area contributed by atoms with Crippen LogP contribution in [0.3, 0.4) is 0 Å². The fraction of sp³-hybridized carbons (Fsp3) is 0.308. The number of amides is 1. The minimum Gasteiger partial charge on any atom is -0.480 e. The first-order valence-electron chi connectivity index (χ1n) is 6.00. The molecule has 0 aromatic carbocycles. The molecule has 0 radical (unpaired) electrons. The van der Waals surface area contributed by atoms with Crippen LogP contribution in [0.2, 0.25) is 0 Å². The van der Waals surface area contributed by atoms with Gasteiger partial charge in [-0.15, -0.1) is 0 Å². The first-order valence-corrected chi connectivity index (χ1v) is 7.22. The molecule has 1 saturated heterocycles. The van der Waals surface area contributed by atoms with Crippen LogP contribution in [0.25, 0.3) is 6.08 Å². The summed E-state index contributed by atoms with van der Waals surface area (Å²) in [5, 5.41) is 9.15. The molecule has 1 amide bonds. The fourth-order valence-electron chi connectivity index (χ4n) is 1.88. The van der Waals surface area contributed by atoms with E-state index in [0.29, 0.717) is 17.1 Å². The van der Waals surface area contributed by atoms with Gasteiger partial charge >= 0.3 is 5.97 Å². The number of aryl methyl sites for hydroxylation is 1. The topological polar surface area (TPSA) is 70.8 Å². The predicted molar refractivity (Wildman–Crippen MR) is 80.2 cm³/mol. The summed E-state index contributed by atoms with van der Waals surface area (Å²) in [5.74, 6) is -0.155. The summed E-state index contributed by atoms with van der Waals surface area (Å²) in [6, 6.07) is 2.61. The smallest absolute Gasteiger partial charge is 0.326 e. The van der Waals surface area contributed by atoms with Gasteiger partial charge in [0.25, 0.3) is 5.91 Å². The third-order valence-corrected chi connectivity index (χ3v) is 4.17. The van der Waals surface area contributed by atoms with Crippen LogP contribution in [0.1, 0.15) is 24.9 Å². The van der Waals surface area contributed by atoms with E-state index < -0.39 is 12.0 Å². The highest BCUT2D eigenvalue weighted by Crippen LogP contribution is 2.34. The number of carboxylic acids is 1. The van der Waals surface area contributed by atoms with E-state index in [9.17, 15) is 9.59 Å². The Hall–Kier alpha value is -1.60. The molecule has 106 valence electrons. The number of thiocarbonyl (C=S) groups is 1. The zero-order chi connectivity index (χ0) is 14.9. The molecule has 0 saturated carbocycles. The summed E-state index contributed by atoms with van der Waals surface area (Å²) in [5.41, 5.74) is 0. The minimum atomic E-state index is -1.06. The Labute approximate surface area is 125 Å². The molecule has 1 aromatic rings. The van der Waals surface area contributed by atoms with E-state index in [1.165, 1.54) is 0 Å². The molecule has 2 heterocycles. The molecule has 20 heavy (non-hydrogen) atoms. The molecule has 1 aliphatic rings. The quantitative estimate of drug-likeness (QED) is 0.681. The van der Waals surface area contributed by atoms with E-state index in [0.717, 1.165) is 22.4 Å². The van der Waals surface area contributed by atoms with E-state index in [1.54, 1.807) is 32.1 Å². The van der Waals surface area contributed by atoms with E-state index >= 15 is 0 Å². The molecule has 7 heteroatoms. The van der Waals surface area contributed by atoms with Gasteiger partial charge in [0.2, 0.25) is 0 Å². The summed E-state index contributed by atoms with van der Waals surface area (Å²) in [6.45, 7) is 3.51. The van der Waals surface area contributed by atoms with E-state index in [2.05, 4.69) is 0 Å². The molecule has 2 rings (SSSR count). The van der Waals surface area contributed by atoms with Crippen molar-refractivity contribution in [1.82, 2.24) is 4.90 Å². The maximum atomic E-state index is 12.3. The Bertz CT molecular complexity index is 605. The van der Waals surface area contributed by atoms with E-state index in [1.807, 2.05) is 0 Å². The number of aliphatic carboxylic acids is 1. The van der Waals surface area contributed by atoms with Gasteiger partial charge in [-0.2, -0.15) is 0 Å². The van der Waals surface area contributed by atoms with Crippen molar-refractivity contribution < 1.29 is 19.1 Å². The van der Waals surface area contributed by atoms with Gasteiger partial charge in [0.15, 0.2) is 0 Å². The second kappa shape index (κ2) is 5.80. The molecule has 1 atom stereocenters. The first-order chi connectivity index (χ1) is 9.43. The summed E-state index contributed by atoms with van der Waals surface area (Å²) in [7, 11) is 0. The number of furan rings is 1. The second-order valence-corrected chi connectivity index (χ2v) is 5.94. The number of carbonyl (C=O) groups excluding carboxylic acids is 1. The number of carbonyl (C=O) groups is 2. The standard InChI is InChI=1S/C13H13NO4S2/c1-3-9(12(16)17)14-11(15)10(20-13(14)19)6-8-5-4-7(2)18-8/h4-6,9H,3H2,1-2H3,(H,16,17). The number of rotatable bonds is 4. The summed E-state index contributed by atoms with van der Waals surface area (Å²) >= 11 is 6.20. The lowest BCUT2D eigenvalue weighted by molar-refractivity contribution is -0.145. The van der Waals surface area contributed by atoms with Crippen LogP contribution >= 0.6 is 24.0 Å². The Balaban J connectivity index is 2.29. The average Bonchev–Trinajstić information content (AvgIpc) is 2.89. The summed E-state index contributed by atoms with van der Waals surface area (Å²) < 4.78 is 5.64. The van der Waals surface area contributed by atoms with Gasteiger partial charge in [-0.1, -0.05) is 30.9 Å². The van der Waals surface area contributed by atoms with Crippen molar-refractivity contribution in [3.8, 4) is 0 Å². The Morgan fingerprint density at radius 3 is 2.80 bits per heavy atom. The van der Waals surface area contributed by atoms with Gasteiger partial charge in [-0.25, -0.2) is 4.79 Å². The third kappa shape index (κ3) is 2.78. The lowest BCUT2D eigenvalue weighted by Crippen LogP contribution is -2.43. The average molecular weight is 311 g/mol. The Kier molecular flexibility index (Phi) is 4.29. The largest absolute Gasteiger partial charge is 0.480 e. The zero-order valence-corrected chi connectivity index (χ0v) is 12.6. The molecule has 5 nitrogen and oxygen atoms in total. The van der Waals surface area contributed by atoms with Crippen molar-refractivity contribution in [2.75, 3.05) is 0 Å². The third-order valence-electron chi connectivity index (χ3n) is 2.84. The number of thioether (sulfide) groups is 1. The molecule has 1 aromatic heterocycles. The van der Waals surface area contributed by atoms with Crippen molar-refractivity contribution >= 4 is 46.3 Å². The van der Waals surface area contributed by atoms with E-state index in [-0.39, 0.29) is 10.2 Å². The molecular weight excluding hydrogens is 298 g/mol. The first kappa shape index (κ1) is 14.8. The van der Waals surface area contributed by atoms with Crippen molar-refractivity contribution in [2.45, 2.75) is 26.3 Å². The monoisotopic (exact) mass is 311 g/mol. The van der Waals surface area contributed by atoms with Crippen molar-refractivity contribution in [2.24, 2.45) is 0 Å². The van der Waals surface area contributed by atoms with Gasteiger partial charge in [0.1, 0.15) is 21.9 Å². The number of hydrogen-bond donors (Lipinski definition) is 1. The van der Waals surface area contributed by atoms with Gasteiger partial charge < -0.3 is 9.52 Å². The number of carboxylic acid groups (broad SMARTS) is 1. The highest BCUT2D eigenvalue weighted by atomic mass is 32.2. The molecular formula is C13H13NO4S2. The summed E-state index contributed by atoms with van der Waals surface area (Å²) in [4.78, 5) is 25.0. The van der Waals surface area contributed by atoms with Gasteiger partial charge in [0, 0.05) is 6.08 Å². The predicted octanol–water partition coefficient (Wildman–Crippen LogP) is 2.65. The number of hydrogen-bond acceptors (Lipinski definition) is 5. The Morgan fingerprint density at radius 1 is 1.60 bits per heavy atom. The van der Waals surface area contributed by atoms with Crippen molar-refractivity contribution in [3.05, 3.63) is 28.6 Å². The SMILES string of the molecule is CCC(C(=O)O)N1C(=O)C(=Cc2ccc(C)o2)SC1=S. The molecule has 1 N–H and O–H groups in total. The maximum Gasteiger partial charge on any atom is 0.326 e. The van der Waals surface area contributed by atoms with Crippen LogP contribution in [0.5, 0.6) is 0 Å². The molecule has 0 aliphatic carbocycles. The van der Waals surface area contributed by atoms with Crippen LogP contribution < -0.4 is 0 Å². The maximum absolute atomic E-state index is 12.3. The molecule has 1 fully saturated rings. The number of nitrogens with zero attached hydrogens (tertiary/aromatic N) is 1. The van der Waals surface area contributed by atoms with Crippen LogP contribution in [0, 0.1) is 6.92 Å². The summed E-state index contributed by atoms with van der Waals surface area (Å²) in [6.07, 6.45) is 1.88. The molecule has 1 unspecified atom stereocenters. The van der Waals surface area contributed by atoms with Crippen LogP contribution in [0.15, 0.2) is 21.5 Å². The van der Waals surface area contributed by atoms with Gasteiger partial charge in [-0.05, 0) is 25.5 Å².